The van der Waals surface area contributed by atoms with Crippen molar-refractivity contribution in [2.75, 3.05) is 5.32 Å². The summed E-state index contributed by atoms with van der Waals surface area (Å²) in [6.07, 6.45) is 1.48. The van der Waals surface area contributed by atoms with E-state index in [0.717, 1.165) is 0 Å². The second-order valence-corrected chi connectivity index (χ2v) is 4.12. The van der Waals surface area contributed by atoms with Gasteiger partial charge in [0, 0.05) is 17.8 Å². The average molecular weight is 287 g/mol. The highest BCUT2D eigenvalue weighted by atomic mass is 19.2. The highest BCUT2D eigenvalue weighted by Crippen LogP contribution is 2.20. The largest absolute Gasteiger partial charge is 0.322 e. The van der Waals surface area contributed by atoms with Crippen LogP contribution in [0, 0.1) is 17.5 Å². The van der Waals surface area contributed by atoms with Crippen LogP contribution in [-0.2, 0) is 4.79 Å². The van der Waals surface area contributed by atoms with Gasteiger partial charge in [0.2, 0.25) is 0 Å². The van der Waals surface area contributed by atoms with Crippen LogP contribution in [0.5, 0.6) is 0 Å². The molecule has 0 aliphatic rings. The number of allylic oxidation sites excluding steroid dienone is 3. The van der Waals surface area contributed by atoms with Crippen LogP contribution < -0.4 is 5.32 Å². The highest BCUT2D eigenvalue weighted by molar-refractivity contribution is 6.04. The number of carbonyl (C=O) groups is 1. The minimum absolute atomic E-state index is 0.245. The van der Waals surface area contributed by atoms with Gasteiger partial charge in [-0.3, -0.25) is 4.79 Å². The first-order valence-corrected chi connectivity index (χ1v) is 5.73. The molecule has 1 aromatic rings. The number of rotatable bonds is 3. The van der Waals surface area contributed by atoms with Crippen molar-refractivity contribution in [3.63, 3.8) is 0 Å². The Morgan fingerprint density at radius 3 is 2.10 bits per heavy atom. The lowest BCUT2D eigenvalue weighted by Gasteiger charge is -2.08. The summed E-state index contributed by atoms with van der Waals surface area (Å²) >= 11 is 0. The number of nitrogens with one attached hydrogen (secondary N) is 1. The predicted molar refractivity (Wildman–Crippen MR) is 68.2 cm³/mol. The van der Waals surface area contributed by atoms with Crippen molar-refractivity contribution in [3.05, 3.63) is 52.6 Å². The van der Waals surface area contributed by atoms with Crippen LogP contribution in [0.4, 0.5) is 23.2 Å². The van der Waals surface area contributed by atoms with Crippen LogP contribution in [0.15, 0.2) is 35.2 Å². The molecule has 0 saturated heterocycles. The molecule has 0 unspecified atom stereocenters. The molecule has 0 bridgehead atoms. The Morgan fingerprint density at radius 1 is 1.15 bits per heavy atom. The van der Waals surface area contributed by atoms with Crippen LogP contribution in [-0.4, -0.2) is 5.91 Å². The molecule has 0 fully saturated rings. The van der Waals surface area contributed by atoms with E-state index in [2.05, 4.69) is 5.32 Å². The second kappa shape index (κ2) is 6.36. The molecule has 1 N–H and O–H groups in total. The van der Waals surface area contributed by atoms with Crippen molar-refractivity contribution in [3.8, 4) is 0 Å². The summed E-state index contributed by atoms with van der Waals surface area (Å²) in [7, 11) is 0. The summed E-state index contributed by atoms with van der Waals surface area (Å²) in [5.41, 5.74) is -0.281. The maximum absolute atomic E-state index is 13.7. The van der Waals surface area contributed by atoms with Gasteiger partial charge in [-0.05, 0) is 26.3 Å². The summed E-state index contributed by atoms with van der Waals surface area (Å²) in [6.45, 7) is 4.31. The molecular formula is C14H13F4NO. The van der Waals surface area contributed by atoms with E-state index in [9.17, 15) is 22.4 Å². The Bertz CT molecular complexity index is 582. The molecule has 20 heavy (non-hydrogen) atoms. The third-order valence-electron chi connectivity index (χ3n) is 2.69. The zero-order valence-electron chi connectivity index (χ0n) is 11.2. The van der Waals surface area contributed by atoms with E-state index in [-0.39, 0.29) is 16.8 Å². The van der Waals surface area contributed by atoms with E-state index in [1.54, 1.807) is 6.92 Å². The van der Waals surface area contributed by atoms with Crippen LogP contribution in [0.2, 0.25) is 0 Å². The lowest BCUT2D eigenvalue weighted by molar-refractivity contribution is -0.112. The first-order valence-electron chi connectivity index (χ1n) is 5.73. The molecule has 0 heterocycles. The van der Waals surface area contributed by atoms with Gasteiger partial charge in [-0.25, -0.2) is 17.6 Å². The van der Waals surface area contributed by atoms with Crippen molar-refractivity contribution in [2.45, 2.75) is 20.8 Å². The molecule has 0 spiro atoms. The topological polar surface area (TPSA) is 29.1 Å². The van der Waals surface area contributed by atoms with Gasteiger partial charge >= 0.3 is 0 Å². The van der Waals surface area contributed by atoms with Crippen molar-refractivity contribution in [2.24, 2.45) is 0 Å². The summed E-state index contributed by atoms with van der Waals surface area (Å²) < 4.78 is 52.4. The summed E-state index contributed by atoms with van der Waals surface area (Å²) in [6, 6.07) is 1.23. The molecule has 0 aliphatic heterocycles. The zero-order chi connectivity index (χ0) is 15.4. The molecule has 0 saturated carbocycles. The lowest BCUT2D eigenvalue weighted by Crippen LogP contribution is -2.14. The van der Waals surface area contributed by atoms with E-state index >= 15 is 0 Å². The summed E-state index contributed by atoms with van der Waals surface area (Å²) in [5.74, 6) is -6.10. The number of halogens is 4. The monoisotopic (exact) mass is 287 g/mol. The number of carbonyl (C=O) groups excluding carboxylic acids is 1. The van der Waals surface area contributed by atoms with Crippen LogP contribution in [0.3, 0.4) is 0 Å². The summed E-state index contributed by atoms with van der Waals surface area (Å²) in [4.78, 5) is 11.7. The molecule has 0 aromatic heterocycles. The Balaban J connectivity index is 3.03. The van der Waals surface area contributed by atoms with Crippen LogP contribution >= 0.6 is 0 Å². The molecule has 6 heteroatoms. The molecular weight excluding hydrogens is 274 g/mol. The van der Waals surface area contributed by atoms with Gasteiger partial charge in [0.25, 0.3) is 5.91 Å². The maximum atomic E-state index is 13.7. The van der Waals surface area contributed by atoms with E-state index < -0.39 is 29.2 Å². The maximum Gasteiger partial charge on any atom is 0.254 e. The first kappa shape index (κ1) is 15.9. The van der Waals surface area contributed by atoms with Gasteiger partial charge in [-0.15, -0.1) is 0 Å². The fourth-order valence-electron chi connectivity index (χ4n) is 1.37. The van der Waals surface area contributed by atoms with Crippen LogP contribution in [0.25, 0.3) is 0 Å². The summed E-state index contributed by atoms with van der Waals surface area (Å²) in [5, 5.41) is 2.10. The Kier molecular flexibility index (Phi) is 5.07. The van der Waals surface area contributed by atoms with Gasteiger partial charge in [0.05, 0.1) is 5.57 Å². The van der Waals surface area contributed by atoms with Gasteiger partial charge in [-0.1, -0.05) is 6.08 Å². The van der Waals surface area contributed by atoms with Gasteiger partial charge in [0.15, 0.2) is 17.5 Å². The van der Waals surface area contributed by atoms with E-state index in [1.165, 1.54) is 19.9 Å². The fourth-order valence-corrected chi connectivity index (χ4v) is 1.37. The van der Waals surface area contributed by atoms with Gasteiger partial charge in [-0.2, -0.15) is 0 Å². The quantitative estimate of drug-likeness (QED) is 0.383. The lowest BCUT2D eigenvalue weighted by atomic mass is 10.1. The Morgan fingerprint density at radius 2 is 1.65 bits per heavy atom. The number of amides is 1. The van der Waals surface area contributed by atoms with Crippen molar-refractivity contribution < 1.29 is 22.4 Å². The van der Waals surface area contributed by atoms with Crippen molar-refractivity contribution in [1.29, 1.82) is 0 Å². The molecule has 0 aliphatic carbocycles. The zero-order valence-corrected chi connectivity index (χ0v) is 11.2. The smallest absolute Gasteiger partial charge is 0.254 e. The number of benzene rings is 1. The minimum atomic E-state index is -1.63. The third-order valence-corrected chi connectivity index (χ3v) is 2.69. The third kappa shape index (κ3) is 3.46. The number of hydrogen-bond donors (Lipinski definition) is 1. The fraction of sp³-hybridized carbons (Fsp3) is 0.214. The van der Waals surface area contributed by atoms with Crippen molar-refractivity contribution >= 4 is 11.6 Å². The molecule has 1 aromatic carbocycles. The van der Waals surface area contributed by atoms with Crippen molar-refractivity contribution in [1.82, 2.24) is 0 Å². The van der Waals surface area contributed by atoms with Gasteiger partial charge < -0.3 is 5.32 Å². The molecule has 0 radical (unpaired) electrons. The number of anilines is 1. The average Bonchev–Trinajstić information content (AvgIpc) is 2.41. The van der Waals surface area contributed by atoms with E-state index in [0.29, 0.717) is 12.1 Å². The Hall–Kier alpha value is -2.11. The first-order chi connectivity index (χ1) is 9.27. The minimum Gasteiger partial charge on any atom is -0.322 e. The highest BCUT2D eigenvalue weighted by Gasteiger charge is 2.15. The second-order valence-electron chi connectivity index (χ2n) is 4.12. The standard InChI is InChI=1S/C14H13F4NO/c1-4-7(2)12(17)8(3)14(20)19-9-5-10(15)13(18)11(16)6-9/h4-6H,1-3H3,(H,19,20)/b7-4-,12-8-. The van der Waals surface area contributed by atoms with E-state index in [4.69, 9.17) is 0 Å². The molecule has 1 amide bonds. The molecule has 0 atom stereocenters. The SMILES string of the molecule is C/C=C(C)\C(F)=C(/C)C(=O)Nc1cc(F)c(F)c(F)c1. The predicted octanol–water partition coefficient (Wildman–Crippen LogP) is 4.25. The molecule has 108 valence electrons. The normalized spacial score (nSPS) is 13.1. The van der Waals surface area contributed by atoms with Gasteiger partial charge in [0.1, 0.15) is 5.83 Å². The Labute approximate surface area is 113 Å². The van der Waals surface area contributed by atoms with Crippen LogP contribution in [0.1, 0.15) is 20.8 Å². The molecule has 1 rings (SSSR count). The molecule has 2 nitrogen and oxygen atoms in total. The van der Waals surface area contributed by atoms with E-state index in [1.807, 2.05) is 0 Å². The number of hydrogen-bond acceptors (Lipinski definition) is 1.